The summed E-state index contributed by atoms with van der Waals surface area (Å²) in [6, 6.07) is 10.2. The highest BCUT2D eigenvalue weighted by Gasteiger charge is 2.14. The molecule has 0 fully saturated rings. The SMILES string of the molecule is CCn1c(=NC(=O)c2ccc(S(=O)(=O)CC)cc2)sc2c(C)cc(C)cc21. The van der Waals surface area contributed by atoms with Gasteiger partial charge in [-0.25, -0.2) is 8.42 Å². The van der Waals surface area contributed by atoms with Crippen LogP contribution in [0, 0.1) is 13.8 Å². The van der Waals surface area contributed by atoms with Crippen molar-refractivity contribution in [3.05, 3.63) is 57.9 Å². The highest BCUT2D eigenvalue weighted by atomic mass is 32.2. The Morgan fingerprint density at radius 3 is 2.37 bits per heavy atom. The number of rotatable bonds is 4. The van der Waals surface area contributed by atoms with Crippen LogP contribution in [0.25, 0.3) is 10.2 Å². The summed E-state index contributed by atoms with van der Waals surface area (Å²) in [7, 11) is -3.28. The molecule has 0 aliphatic heterocycles. The smallest absolute Gasteiger partial charge is 0.279 e. The first-order chi connectivity index (χ1) is 12.8. The topological polar surface area (TPSA) is 68.5 Å². The zero-order valence-corrected chi connectivity index (χ0v) is 17.4. The van der Waals surface area contributed by atoms with E-state index in [-0.39, 0.29) is 16.6 Å². The van der Waals surface area contributed by atoms with Crippen LogP contribution in [-0.2, 0) is 16.4 Å². The molecule has 0 radical (unpaired) electrons. The Hall–Kier alpha value is -2.25. The number of hydrogen-bond acceptors (Lipinski definition) is 4. The lowest BCUT2D eigenvalue weighted by Gasteiger charge is -2.03. The third kappa shape index (κ3) is 3.75. The van der Waals surface area contributed by atoms with Crippen LogP contribution >= 0.6 is 11.3 Å². The van der Waals surface area contributed by atoms with Crippen molar-refractivity contribution in [1.29, 1.82) is 0 Å². The number of carbonyl (C=O) groups is 1. The molecule has 0 spiro atoms. The number of aromatic nitrogens is 1. The van der Waals surface area contributed by atoms with E-state index >= 15 is 0 Å². The molecule has 1 heterocycles. The van der Waals surface area contributed by atoms with Crippen molar-refractivity contribution in [2.45, 2.75) is 39.1 Å². The summed E-state index contributed by atoms with van der Waals surface area (Å²) < 4.78 is 27.0. The molecule has 5 nitrogen and oxygen atoms in total. The quantitative estimate of drug-likeness (QED) is 0.665. The molecule has 0 saturated heterocycles. The van der Waals surface area contributed by atoms with Gasteiger partial charge in [0.05, 0.1) is 20.9 Å². The minimum absolute atomic E-state index is 0.0295. The fourth-order valence-corrected chi connectivity index (χ4v) is 5.05. The van der Waals surface area contributed by atoms with E-state index in [1.807, 2.05) is 11.5 Å². The van der Waals surface area contributed by atoms with E-state index in [9.17, 15) is 13.2 Å². The molecule has 0 atom stereocenters. The van der Waals surface area contributed by atoms with Crippen LogP contribution in [0.4, 0.5) is 0 Å². The molecule has 2 aromatic carbocycles. The number of amides is 1. The maximum atomic E-state index is 12.6. The molecular weight excluding hydrogens is 380 g/mol. The summed E-state index contributed by atoms with van der Waals surface area (Å²) in [4.78, 5) is 17.8. The average molecular weight is 403 g/mol. The van der Waals surface area contributed by atoms with Crippen LogP contribution in [-0.4, -0.2) is 24.6 Å². The summed E-state index contributed by atoms with van der Waals surface area (Å²) in [6.07, 6.45) is 0. The molecule has 142 valence electrons. The van der Waals surface area contributed by atoms with Crippen LogP contribution in [0.2, 0.25) is 0 Å². The van der Waals surface area contributed by atoms with E-state index in [1.165, 1.54) is 46.7 Å². The number of fused-ring (bicyclic) bond motifs is 1. The Labute approximate surface area is 162 Å². The Morgan fingerprint density at radius 1 is 1.11 bits per heavy atom. The number of sulfone groups is 1. The molecule has 0 N–H and O–H groups in total. The van der Waals surface area contributed by atoms with Crippen LogP contribution < -0.4 is 4.80 Å². The van der Waals surface area contributed by atoms with Crippen LogP contribution in [0.15, 0.2) is 46.3 Å². The summed E-state index contributed by atoms with van der Waals surface area (Å²) in [5.41, 5.74) is 3.79. The fraction of sp³-hybridized carbons (Fsp3) is 0.300. The predicted octanol–water partition coefficient (Wildman–Crippen LogP) is 3.87. The van der Waals surface area contributed by atoms with E-state index in [0.29, 0.717) is 16.9 Å². The molecule has 0 aliphatic carbocycles. The second-order valence-electron chi connectivity index (χ2n) is 6.40. The van der Waals surface area contributed by atoms with Crippen LogP contribution in [0.3, 0.4) is 0 Å². The third-order valence-electron chi connectivity index (χ3n) is 4.47. The first-order valence-corrected chi connectivity index (χ1v) is 11.3. The Morgan fingerprint density at radius 2 is 1.78 bits per heavy atom. The number of benzene rings is 2. The van der Waals surface area contributed by atoms with Gasteiger partial charge in [0.15, 0.2) is 14.6 Å². The standard InChI is InChI=1S/C20H22N2O3S2/c1-5-22-17-12-13(3)11-14(4)18(17)26-20(22)21-19(23)15-7-9-16(10-8-15)27(24,25)6-2/h7-12H,5-6H2,1-4H3. The van der Waals surface area contributed by atoms with E-state index < -0.39 is 9.84 Å². The highest BCUT2D eigenvalue weighted by Crippen LogP contribution is 2.23. The minimum atomic E-state index is -3.28. The molecule has 7 heteroatoms. The van der Waals surface area contributed by atoms with Gasteiger partial charge >= 0.3 is 0 Å². The molecule has 0 bridgehead atoms. The predicted molar refractivity (Wildman–Crippen MR) is 109 cm³/mol. The molecule has 0 saturated carbocycles. The van der Waals surface area contributed by atoms with Crippen molar-refractivity contribution in [2.24, 2.45) is 4.99 Å². The summed E-state index contributed by atoms with van der Waals surface area (Å²) in [6.45, 7) is 8.45. The highest BCUT2D eigenvalue weighted by molar-refractivity contribution is 7.91. The first kappa shape index (κ1) is 19.5. The van der Waals surface area contributed by atoms with Gasteiger partial charge in [0, 0.05) is 12.1 Å². The summed E-state index contributed by atoms with van der Waals surface area (Å²) >= 11 is 1.50. The lowest BCUT2D eigenvalue weighted by atomic mass is 10.1. The molecule has 0 unspecified atom stereocenters. The van der Waals surface area contributed by atoms with Gasteiger partial charge in [0.25, 0.3) is 5.91 Å². The number of carbonyl (C=O) groups excluding carboxylic acids is 1. The van der Waals surface area contributed by atoms with E-state index in [0.717, 1.165) is 10.2 Å². The van der Waals surface area contributed by atoms with Gasteiger partial charge in [0.2, 0.25) is 0 Å². The normalized spacial score (nSPS) is 12.7. The Bertz CT molecular complexity index is 1180. The van der Waals surface area contributed by atoms with Crippen LogP contribution in [0.1, 0.15) is 35.3 Å². The fourth-order valence-electron chi connectivity index (χ4n) is 3.03. The van der Waals surface area contributed by atoms with Gasteiger partial charge in [0.1, 0.15) is 0 Å². The number of aryl methyl sites for hydroxylation is 3. The van der Waals surface area contributed by atoms with Gasteiger partial charge in [-0.05, 0) is 62.2 Å². The lowest BCUT2D eigenvalue weighted by molar-refractivity contribution is 0.0997. The monoisotopic (exact) mass is 402 g/mol. The van der Waals surface area contributed by atoms with Gasteiger partial charge in [-0.1, -0.05) is 24.3 Å². The lowest BCUT2D eigenvalue weighted by Crippen LogP contribution is -2.16. The Balaban J connectivity index is 2.06. The zero-order valence-electron chi connectivity index (χ0n) is 15.8. The summed E-state index contributed by atoms with van der Waals surface area (Å²) in [5.74, 6) is -0.347. The van der Waals surface area contributed by atoms with E-state index in [1.54, 1.807) is 6.92 Å². The van der Waals surface area contributed by atoms with Gasteiger partial charge < -0.3 is 4.57 Å². The van der Waals surface area contributed by atoms with Crippen molar-refractivity contribution in [3.8, 4) is 0 Å². The number of hydrogen-bond donors (Lipinski definition) is 0. The van der Waals surface area contributed by atoms with Crippen molar-refractivity contribution in [1.82, 2.24) is 4.57 Å². The maximum Gasteiger partial charge on any atom is 0.279 e. The zero-order chi connectivity index (χ0) is 19.8. The number of nitrogens with zero attached hydrogens (tertiary/aromatic N) is 2. The van der Waals surface area contributed by atoms with Gasteiger partial charge in [-0.3, -0.25) is 4.79 Å². The van der Waals surface area contributed by atoms with Crippen LogP contribution in [0.5, 0.6) is 0 Å². The third-order valence-corrected chi connectivity index (χ3v) is 7.45. The second-order valence-corrected chi connectivity index (χ2v) is 9.66. The minimum Gasteiger partial charge on any atom is -0.317 e. The molecule has 3 aromatic rings. The molecule has 0 aliphatic rings. The molecule has 1 amide bonds. The number of thiazole rings is 1. The largest absolute Gasteiger partial charge is 0.317 e. The van der Waals surface area contributed by atoms with Crippen molar-refractivity contribution < 1.29 is 13.2 Å². The second kappa shape index (κ2) is 7.40. The summed E-state index contributed by atoms with van der Waals surface area (Å²) in [5, 5.41) is 0. The van der Waals surface area contributed by atoms with Crippen molar-refractivity contribution >= 4 is 37.3 Å². The van der Waals surface area contributed by atoms with Gasteiger partial charge in [-0.15, -0.1) is 0 Å². The molecule has 27 heavy (non-hydrogen) atoms. The van der Waals surface area contributed by atoms with E-state index in [2.05, 4.69) is 31.0 Å². The molecule has 3 rings (SSSR count). The molecule has 1 aromatic heterocycles. The van der Waals surface area contributed by atoms with Crippen molar-refractivity contribution in [2.75, 3.05) is 5.75 Å². The first-order valence-electron chi connectivity index (χ1n) is 8.79. The Kier molecular flexibility index (Phi) is 5.35. The maximum absolute atomic E-state index is 12.6. The van der Waals surface area contributed by atoms with Crippen molar-refractivity contribution in [3.63, 3.8) is 0 Å². The average Bonchev–Trinajstić information content (AvgIpc) is 2.99. The molecular formula is C20H22N2O3S2. The van der Waals surface area contributed by atoms with Gasteiger partial charge in [-0.2, -0.15) is 4.99 Å². The van der Waals surface area contributed by atoms with E-state index in [4.69, 9.17) is 0 Å².